The third-order valence-electron chi connectivity index (χ3n) is 2.74. The molecule has 1 aromatic heterocycles. The lowest BCUT2D eigenvalue weighted by molar-refractivity contribution is 0.297. The molecule has 0 aliphatic carbocycles. The number of halogens is 2. The van der Waals surface area contributed by atoms with Crippen molar-refractivity contribution in [1.82, 2.24) is 4.98 Å². The Balaban J connectivity index is 2.15. The fourth-order valence-electron chi connectivity index (χ4n) is 1.78. The van der Waals surface area contributed by atoms with E-state index in [4.69, 9.17) is 16.3 Å². The Kier molecular flexibility index (Phi) is 4.83. The molecule has 0 atom stereocenters. The van der Waals surface area contributed by atoms with Gasteiger partial charge in [0.05, 0.1) is 5.69 Å². The van der Waals surface area contributed by atoms with E-state index in [-0.39, 0.29) is 0 Å². The van der Waals surface area contributed by atoms with Crippen molar-refractivity contribution in [3.8, 4) is 5.75 Å². The lowest BCUT2D eigenvalue weighted by Crippen LogP contribution is -2.01. The second-order valence-corrected chi connectivity index (χ2v) is 5.88. The van der Waals surface area contributed by atoms with Gasteiger partial charge in [0.25, 0.3) is 0 Å². The Morgan fingerprint density at radius 3 is 2.74 bits per heavy atom. The monoisotopic (exact) mass is 339 g/mol. The summed E-state index contributed by atoms with van der Waals surface area (Å²) in [5, 5.41) is 0.487. The van der Waals surface area contributed by atoms with Crippen LogP contribution in [0, 0.1) is 0 Å². The van der Waals surface area contributed by atoms with E-state index < -0.39 is 0 Å². The highest BCUT2D eigenvalue weighted by molar-refractivity contribution is 9.10. The van der Waals surface area contributed by atoms with E-state index >= 15 is 0 Å². The Morgan fingerprint density at radius 1 is 1.26 bits per heavy atom. The topological polar surface area (TPSA) is 22.1 Å². The molecule has 0 aliphatic rings. The minimum absolute atomic E-state index is 0.403. The molecule has 0 unspecified atom stereocenters. The van der Waals surface area contributed by atoms with Gasteiger partial charge in [0.1, 0.15) is 17.5 Å². The number of hydrogen-bond donors (Lipinski definition) is 0. The first-order chi connectivity index (χ1) is 9.06. The van der Waals surface area contributed by atoms with E-state index in [0.717, 1.165) is 15.9 Å². The molecule has 1 aromatic carbocycles. The van der Waals surface area contributed by atoms with Crippen molar-refractivity contribution in [3.05, 3.63) is 57.3 Å². The molecule has 4 heteroatoms. The fourth-order valence-corrected chi connectivity index (χ4v) is 2.34. The molecule has 0 fully saturated rings. The number of rotatable bonds is 4. The van der Waals surface area contributed by atoms with Gasteiger partial charge in [-0.25, -0.2) is 4.98 Å². The summed E-state index contributed by atoms with van der Waals surface area (Å²) in [5.74, 6) is 1.29. The molecule has 0 aliphatic heterocycles. The van der Waals surface area contributed by atoms with Crippen LogP contribution < -0.4 is 4.74 Å². The molecule has 0 saturated carbocycles. The normalized spacial score (nSPS) is 10.8. The number of pyridine rings is 1. The smallest absolute Gasteiger partial charge is 0.130 e. The van der Waals surface area contributed by atoms with Crippen LogP contribution in [0.4, 0.5) is 0 Å². The molecular formula is C15H15BrClNO. The van der Waals surface area contributed by atoms with Crippen molar-refractivity contribution in [2.45, 2.75) is 26.4 Å². The van der Waals surface area contributed by atoms with Crippen molar-refractivity contribution >= 4 is 27.5 Å². The molecule has 2 rings (SSSR count). The van der Waals surface area contributed by atoms with Gasteiger partial charge in [-0.1, -0.05) is 47.4 Å². The SMILES string of the molecule is CC(C)c1cc(Br)ccc1OCc1cccc(Cl)n1. The average molecular weight is 341 g/mol. The summed E-state index contributed by atoms with van der Waals surface area (Å²) in [6.45, 7) is 4.71. The molecule has 2 nitrogen and oxygen atoms in total. The van der Waals surface area contributed by atoms with E-state index in [9.17, 15) is 0 Å². The Bertz CT molecular complexity index is 572. The third kappa shape index (κ3) is 3.95. The van der Waals surface area contributed by atoms with Gasteiger partial charge in [0.15, 0.2) is 0 Å². The number of aromatic nitrogens is 1. The molecule has 19 heavy (non-hydrogen) atoms. The minimum Gasteiger partial charge on any atom is -0.487 e. The Labute approximate surface area is 126 Å². The van der Waals surface area contributed by atoms with E-state index in [1.54, 1.807) is 6.07 Å². The fraction of sp³-hybridized carbons (Fsp3) is 0.267. The molecule has 0 radical (unpaired) electrons. The van der Waals surface area contributed by atoms with Gasteiger partial charge < -0.3 is 4.74 Å². The summed E-state index contributed by atoms with van der Waals surface area (Å²) in [6, 6.07) is 11.6. The van der Waals surface area contributed by atoms with Gasteiger partial charge in [-0.15, -0.1) is 0 Å². The zero-order valence-electron chi connectivity index (χ0n) is 10.9. The van der Waals surface area contributed by atoms with Crippen molar-refractivity contribution in [2.24, 2.45) is 0 Å². The number of benzene rings is 1. The predicted octanol–water partition coefficient (Wildman–Crippen LogP) is 5.20. The quantitative estimate of drug-likeness (QED) is 0.714. The van der Waals surface area contributed by atoms with Crippen molar-refractivity contribution in [1.29, 1.82) is 0 Å². The highest BCUT2D eigenvalue weighted by Gasteiger charge is 2.09. The van der Waals surface area contributed by atoms with Crippen LogP contribution in [0.1, 0.15) is 31.0 Å². The van der Waals surface area contributed by atoms with E-state index in [0.29, 0.717) is 17.7 Å². The molecule has 0 spiro atoms. The van der Waals surface area contributed by atoms with Crippen LogP contribution in [0.2, 0.25) is 5.15 Å². The Morgan fingerprint density at radius 2 is 2.05 bits per heavy atom. The summed E-state index contributed by atoms with van der Waals surface area (Å²) in [7, 11) is 0. The minimum atomic E-state index is 0.403. The molecule has 0 saturated heterocycles. The van der Waals surface area contributed by atoms with Crippen LogP contribution in [0.15, 0.2) is 40.9 Å². The molecule has 0 amide bonds. The van der Waals surface area contributed by atoms with Crippen LogP contribution in [0.5, 0.6) is 5.75 Å². The predicted molar refractivity (Wildman–Crippen MR) is 81.8 cm³/mol. The van der Waals surface area contributed by atoms with Gasteiger partial charge in [0, 0.05) is 4.47 Å². The highest BCUT2D eigenvalue weighted by Crippen LogP contribution is 2.30. The second-order valence-electron chi connectivity index (χ2n) is 4.58. The van der Waals surface area contributed by atoms with Gasteiger partial charge in [0.2, 0.25) is 0 Å². The first-order valence-electron chi connectivity index (χ1n) is 6.10. The molecule has 0 N–H and O–H groups in total. The zero-order valence-corrected chi connectivity index (χ0v) is 13.2. The van der Waals surface area contributed by atoms with Gasteiger partial charge in [-0.3, -0.25) is 0 Å². The summed E-state index contributed by atoms with van der Waals surface area (Å²) >= 11 is 9.34. The van der Waals surface area contributed by atoms with Gasteiger partial charge >= 0.3 is 0 Å². The lowest BCUT2D eigenvalue weighted by Gasteiger charge is -2.14. The lowest BCUT2D eigenvalue weighted by atomic mass is 10.0. The number of nitrogens with zero attached hydrogens (tertiary/aromatic N) is 1. The van der Waals surface area contributed by atoms with E-state index in [1.807, 2.05) is 24.3 Å². The van der Waals surface area contributed by atoms with Crippen molar-refractivity contribution in [3.63, 3.8) is 0 Å². The van der Waals surface area contributed by atoms with Gasteiger partial charge in [-0.05, 0) is 41.8 Å². The van der Waals surface area contributed by atoms with Crippen LogP contribution in [0.3, 0.4) is 0 Å². The standard InChI is InChI=1S/C15H15BrClNO/c1-10(2)13-8-11(16)6-7-14(13)19-9-12-4-3-5-15(17)18-12/h3-8,10H,9H2,1-2H3. The van der Waals surface area contributed by atoms with Crippen LogP contribution in [0.25, 0.3) is 0 Å². The van der Waals surface area contributed by atoms with Crippen LogP contribution in [-0.2, 0) is 6.61 Å². The number of ether oxygens (including phenoxy) is 1. The maximum Gasteiger partial charge on any atom is 0.130 e. The largest absolute Gasteiger partial charge is 0.487 e. The summed E-state index contributed by atoms with van der Waals surface area (Å²) in [4.78, 5) is 4.21. The molecule has 1 heterocycles. The molecule has 2 aromatic rings. The average Bonchev–Trinajstić information content (AvgIpc) is 2.37. The second kappa shape index (κ2) is 6.40. The summed E-state index contributed by atoms with van der Waals surface area (Å²) in [6.07, 6.45) is 0. The maximum absolute atomic E-state index is 5.86. The molecule has 0 bridgehead atoms. The van der Waals surface area contributed by atoms with Crippen molar-refractivity contribution < 1.29 is 4.74 Å². The first-order valence-corrected chi connectivity index (χ1v) is 7.27. The zero-order chi connectivity index (χ0) is 13.8. The van der Waals surface area contributed by atoms with Crippen LogP contribution >= 0.6 is 27.5 Å². The molecular weight excluding hydrogens is 326 g/mol. The van der Waals surface area contributed by atoms with E-state index in [2.05, 4.69) is 40.8 Å². The summed E-state index contributed by atoms with van der Waals surface area (Å²) < 4.78 is 6.91. The first kappa shape index (κ1) is 14.4. The highest BCUT2D eigenvalue weighted by atomic mass is 79.9. The number of hydrogen-bond acceptors (Lipinski definition) is 2. The maximum atomic E-state index is 5.86. The Hall–Kier alpha value is -1.06. The summed E-state index contributed by atoms with van der Waals surface area (Å²) in [5.41, 5.74) is 2.00. The van der Waals surface area contributed by atoms with Crippen molar-refractivity contribution in [2.75, 3.05) is 0 Å². The van der Waals surface area contributed by atoms with E-state index in [1.165, 1.54) is 5.56 Å². The van der Waals surface area contributed by atoms with Gasteiger partial charge in [-0.2, -0.15) is 0 Å². The molecule has 100 valence electrons. The van der Waals surface area contributed by atoms with Crippen LogP contribution in [-0.4, -0.2) is 4.98 Å². The third-order valence-corrected chi connectivity index (χ3v) is 3.45.